The summed E-state index contributed by atoms with van der Waals surface area (Å²) >= 11 is 0.655. The number of likely N-dealkylation sites (N-methyl/N-ethyl adjacent to an activating group) is 2. The van der Waals surface area contributed by atoms with Crippen molar-refractivity contribution >= 4 is 17.2 Å². The summed E-state index contributed by atoms with van der Waals surface area (Å²) in [5.74, 6) is -1.51. The number of benzene rings is 1. The lowest BCUT2D eigenvalue weighted by Crippen LogP contribution is -2.30. The molecule has 0 saturated carbocycles. The van der Waals surface area contributed by atoms with Crippen molar-refractivity contribution in [3.05, 3.63) is 45.4 Å². The third-order valence-corrected chi connectivity index (χ3v) is 5.84. The van der Waals surface area contributed by atoms with Gasteiger partial charge < -0.3 is 19.9 Å². The van der Waals surface area contributed by atoms with Crippen LogP contribution in [0.1, 0.15) is 38.9 Å². The molecule has 190 valence electrons. The van der Waals surface area contributed by atoms with E-state index in [1.165, 1.54) is 19.1 Å². The predicted molar refractivity (Wildman–Crippen MR) is 116 cm³/mol. The van der Waals surface area contributed by atoms with Crippen molar-refractivity contribution < 1.29 is 35.9 Å². The number of carbonyl (C=O) groups excluding carboxylic acids is 1. The number of hydrogen-bond acceptors (Lipinski definition) is 6. The normalized spacial score (nSPS) is 13.4. The van der Waals surface area contributed by atoms with Gasteiger partial charge in [0.2, 0.25) is 0 Å². The smallest absolute Gasteiger partial charge is 0.406 e. The van der Waals surface area contributed by atoms with Crippen LogP contribution in [0.25, 0.3) is 0 Å². The molecule has 34 heavy (non-hydrogen) atoms. The maximum Gasteiger partial charge on any atom is 0.573 e. The van der Waals surface area contributed by atoms with Gasteiger partial charge >= 0.3 is 12.5 Å². The Labute approximate surface area is 197 Å². The lowest BCUT2D eigenvalue weighted by Gasteiger charge is -2.18. The Morgan fingerprint density at radius 2 is 1.79 bits per heavy atom. The number of hydrogen-bond donors (Lipinski definition) is 1. The van der Waals surface area contributed by atoms with Crippen molar-refractivity contribution in [2.75, 3.05) is 40.8 Å². The summed E-state index contributed by atoms with van der Waals surface area (Å²) in [5, 5.41) is 2.57. The van der Waals surface area contributed by atoms with Crippen molar-refractivity contribution in [1.29, 1.82) is 0 Å². The molecule has 6 nitrogen and oxygen atoms in total. The maximum atomic E-state index is 13.5. The van der Waals surface area contributed by atoms with E-state index in [4.69, 9.17) is 0 Å². The van der Waals surface area contributed by atoms with Crippen LogP contribution in [-0.4, -0.2) is 67.8 Å². The fraction of sp³-hybridized carbons (Fsp3) is 0.524. The van der Waals surface area contributed by atoms with Gasteiger partial charge in [-0.3, -0.25) is 4.79 Å². The average Bonchev–Trinajstić information content (AvgIpc) is 3.14. The minimum atomic E-state index is -4.90. The standard InChI is InChI=1S/C21H26F6N4O2S/c1-13(14-6-5-7-15(12-14)33-21(25,26)27)28-19(32)17-18(20(22,23)24)29-16(34-17)8-9-31(4)11-10-30(2)3/h5-7,12-13H,8-11H2,1-4H3,(H,28,32). The van der Waals surface area contributed by atoms with Crippen molar-refractivity contribution in [1.82, 2.24) is 20.1 Å². The highest BCUT2D eigenvalue weighted by atomic mass is 32.1. The molecule has 0 bridgehead atoms. The molecule has 0 aliphatic carbocycles. The molecular formula is C21H26F6N4O2S. The van der Waals surface area contributed by atoms with Gasteiger partial charge in [0, 0.05) is 26.1 Å². The second kappa shape index (κ2) is 11.4. The molecule has 0 fully saturated rings. The highest BCUT2D eigenvalue weighted by molar-refractivity contribution is 7.13. The van der Waals surface area contributed by atoms with Crippen LogP contribution in [-0.2, 0) is 12.6 Å². The van der Waals surface area contributed by atoms with Crippen molar-refractivity contribution in [2.24, 2.45) is 0 Å². The van der Waals surface area contributed by atoms with E-state index in [0.29, 0.717) is 24.4 Å². The van der Waals surface area contributed by atoms with Gasteiger partial charge in [-0.2, -0.15) is 13.2 Å². The van der Waals surface area contributed by atoms with E-state index in [2.05, 4.69) is 15.0 Å². The van der Waals surface area contributed by atoms with Crippen LogP contribution in [0.15, 0.2) is 24.3 Å². The van der Waals surface area contributed by atoms with Gasteiger partial charge in [-0.15, -0.1) is 24.5 Å². The van der Waals surface area contributed by atoms with Gasteiger partial charge in [0.05, 0.1) is 11.0 Å². The Balaban J connectivity index is 2.14. The highest BCUT2D eigenvalue weighted by Gasteiger charge is 2.40. The van der Waals surface area contributed by atoms with E-state index >= 15 is 0 Å². The van der Waals surface area contributed by atoms with E-state index in [-0.39, 0.29) is 17.0 Å². The molecule has 1 aromatic heterocycles. The molecule has 0 saturated heterocycles. The van der Waals surface area contributed by atoms with Crippen molar-refractivity contribution in [2.45, 2.75) is 31.9 Å². The van der Waals surface area contributed by atoms with Gasteiger partial charge in [-0.1, -0.05) is 12.1 Å². The molecule has 1 N–H and O–H groups in total. The molecule has 2 aromatic rings. The Bertz CT molecular complexity index is 961. The summed E-state index contributed by atoms with van der Waals surface area (Å²) < 4.78 is 81.8. The van der Waals surface area contributed by atoms with Crippen LogP contribution in [0.3, 0.4) is 0 Å². The molecule has 0 aliphatic heterocycles. The SMILES string of the molecule is CC(NC(=O)c1sc(CCN(C)CCN(C)C)nc1C(F)(F)F)c1cccc(OC(F)(F)F)c1. The molecule has 13 heteroatoms. The zero-order valence-electron chi connectivity index (χ0n) is 19.0. The van der Waals surface area contributed by atoms with Gasteiger partial charge in [0.1, 0.15) is 10.6 Å². The van der Waals surface area contributed by atoms with Crippen LogP contribution < -0.4 is 10.1 Å². The van der Waals surface area contributed by atoms with Crippen LogP contribution in [0.5, 0.6) is 5.75 Å². The summed E-state index contributed by atoms with van der Waals surface area (Å²) in [4.78, 5) is 19.7. The maximum absolute atomic E-state index is 13.5. The molecule has 1 unspecified atom stereocenters. The lowest BCUT2D eigenvalue weighted by molar-refractivity contribution is -0.274. The summed E-state index contributed by atoms with van der Waals surface area (Å²) in [7, 11) is 5.67. The molecule has 1 aromatic carbocycles. The number of thiazole rings is 1. The minimum absolute atomic E-state index is 0.169. The van der Waals surface area contributed by atoms with Crippen LogP contribution >= 0.6 is 11.3 Å². The average molecular weight is 513 g/mol. The number of rotatable bonds is 10. The number of alkyl halides is 6. The van der Waals surface area contributed by atoms with E-state index < -0.39 is 40.8 Å². The third kappa shape index (κ3) is 8.76. The lowest BCUT2D eigenvalue weighted by atomic mass is 10.1. The monoisotopic (exact) mass is 512 g/mol. The summed E-state index contributed by atoms with van der Waals surface area (Å²) in [6, 6.07) is 3.98. The Morgan fingerprint density at radius 1 is 1.12 bits per heavy atom. The minimum Gasteiger partial charge on any atom is -0.406 e. The second-order valence-electron chi connectivity index (χ2n) is 7.96. The molecule has 0 spiro atoms. The van der Waals surface area contributed by atoms with Gasteiger partial charge in [0.15, 0.2) is 5.69 Å². The van der Waals surface area contributed by atoms with Crippen LogP contribution in [0, 0.1) is 0 Å². The summed E-state index contributed by atoms with van der Waals surface area (Å²) in [6.45, 7) is 3.40. The second-order valence-corrected chi connectivity index (χ2v) is 9.04. The molecule has 2 rings (SSSR count). The fourth-order valence-corrected chi connectivity index (χ4v) is 3.89. The first-order chi connectivity index (χ1) is 15.7. The Kier molecular flexibility index (Phi) is 9.31. The van der Waals surface area contributed by atoms with Gasteiger partial charge in [-0.25, -0.2) is 4.98 Å². The number of ether oxygens (including phenoxy) is 1. The first-order valence-electron chi connectivity index (χ1n) is 10.2. The molecular weight excluding hydrogens is 486 g/mol. The van der Waals surface area contributed by atoms with Crippen LogP contribution in [0.4, 0.5) is 26.3 Å². The zero-order chi connectivity index (χ0) is 25.7. The fourth-order valence-electron chi connectivity index (χ4n) is 2.91. The predicted octanol–water partition coefficient (Wildman–Crippen LogP) is 4.59. The number of nitrogens with zero attached hydrogens (tertiary/aromatic N) is 3. The number of aromatic nitrogens is 1. The topological polar surface area (TPSA) is 57.7 Å². The quantitative estimate of drug-likeness (QED) is 0.472. The Hall–Kier alpha value is -2.38. The van der Waals surface area contributed by atoms with Crippen LogP contribution in [0.2, 0.25) is 0 Å². The summed E-state index contributed by atoms with van der Waals surface area (Å²) in [6.07, 6.45) is -9.49. The van der Waals surface area contributed by atoms with E-state index in [0.717, 1.165) is 18.7 Å². The van der Waals surface area contributed by atoms with E-state index in [1.807, 2.05) is 30.9 Å². The Morgan fingerprint density at radius 3 is 2.38 bits per heavy atom. The largest absolute Gasteiger partial charge is 0.573 e. The zero-order valence-corrected chi connectivity index (χ0v) is 19.9. The summed E-state index contributed by atoms with van der Waals surface area (Å²) in [5.41, 5.74) is -1.04. The first kappa shape index (κ1) is 27.9. The number of carbonyl (C=O) groups is 1. The molecule has 1 atom stereocenters. The number of amides is 1. The van der Waals surface area contributed by atoms with Crippen molar-refractivity contribution in [3.8, 4) is 5.75 Å². The van der Waals surface area contributed by atoms with Crippen molar-refractivity contribution in [3.63, 3.8) is 0 Å². The molecule has 1 amide bonds. The molecule has 1 heterocycles. The number of nitrogens with one attached hydrogen (secondary N) is 1. The third-order valence-electron chi connectivity index (χ3n) is 4.72. The van der Waals surface area contributed by atoms with Gasteiger partial charge in [-0.05, 0) is 45.8 Å². The first-order valence-corrected chi connectivity index (χ1v) is 11.0. The molecule has 0 radical (unpaired) electrons. The van der Waals surface area contributed by atoms with E-state index in [9.17, 15) is 31.1 Å². The van der Waals surface area contributed by atoms with Gasteiger partial charge in [0.25, 0.3) is 5.91 Å². The van der Waals surface area contributed by atoms with E-state index in [1.54, 1.807) is 0 Å². The highest BCUT2D eigenvalue weighted by Crippen LogP contribution is 2.35. The number of halogens is 6. The molecule has 0 aliphatic rings.